The predicted molar refractivity (Wildman–Crippen MR) is 65.4 cm³/mol. The molecule has 1 aromatic rings. The van der Waals surface area contributed by atoms with Gasteiger partial charge in [0.2, 0.25) is 0 Å². The van der Waals surface area contributed by atoms with Crippen LogP contribution in [0.25, 0.3) is 0 Å². The summed E-state index contributed by atoms with van der Waals surface area (Å²) in [5.74, 6) is 5.59. The van der Waals surface area contributed by atoms with E-state index in [-0.39, 0.29) is 6.04 Å². The third-order valence-electron chi connectivity index (χ3n) is 2.38. The summed E-state index contributed by atoms with van der Waals surface area (Å²) in [7, 11) is 0. The molecule has 0 radical (unpaired) electrons. The van der Waals surface area contributed by atoms with Crippen LogP contribution in [-0.4, -0.2) is 6.61 Å². The molecule has 0 aromatic carbocycles. The van der Waals surface area contributed by atoms with E-state index in [0.29, 0.717) is 0 Å². The van der Waals surface area contributed by atoms with E-state index in [1.807, 2.05) is 12.3 Å². The molecular formula is C10H13BrN2OS. The molecule has 2 rings (SSSR count). The van der Waals surface area contributed by atoms with Crippen LogP contribution in [0.5, 0.6) is 0 Å². The number of hydrogen-bond donors (Lipinski definition) is 2. The Morgan fingerprint density at radius 1 is 1.53 bits per heavy atom. The molecule has 1 unspecified atom stereocenters. The zero-order valence-corrected chi connectivity index (χ0v) is 10.6. The molecular weight excluding hydrogens is 276 g/mol. The number of nitrogens with two attached hydrogens (primary N) is 1. The first-order valence-corrected chi connectivity index (χ1v) is 6.44. The van der Waals surface area contributed by atoms with Crippen molar-refractivity contribution < 1.29 is 4.74 Å². The summed E-state index contributed by atoms with van der Waals surface area (Å²) in [6.45, 7) is 0.814. The maximum Gasteiger partial charge on any atom is 0.0876 e. The number of rotatable bonds is 3. The van der Waals surface area contributed by atoms with E-state index in [1.54, 1.807) is 11.3 Å². The fraction of sp³-hybridized carbons (Fsp3) is 0.400. The van der Waals surface area contributed by atoms with E-state index < -0.39 is 0 Å². The molecule has 0 fully saturated rings. The van der Waals surface area contributed by atoms with Crippen LogP contribution in [0.4, 0.5) is 0 Å². The Labute approximate surface area is 101 Å². The molecule has 1 atom stereocenters. The number of ether oxygens (including phenoxy) is 1. The number of halogens is 1. The summed E-state index contributed by atoms with van der Waals surface area (Å²) in [6, 6.07) is 4.20. The Hall–Kier alpha value is -0.360. The molecule has 1 aromatic heterocycles. The summed E-state index contributed by atoms with van der Waals surface area (Å²) in [4.78, 5) is 1.21. The van der Waals surface area contributed by atoms with Gasteiger partial charge in [0, 0.05) is 4.88 Å². The van der Waals surface area contributed by atoms with Crippen molar-refractivity contribution in [2.45, 2.75) is 18.9 Å². The lowest BCUT2D eigenvalue weighted by molar-refractivity contribution is 0.219. The summed E-state index contributed by atoms with van der Waals surface area (Å²) in [6.07, 6.45) is 3.95. The molecule has 15 heavy (non-hydrogen) atoms. The number of thiophene rings is 1. The zero-order valence-electron chi connectivity index (χ0n) is 8.20. The second-order valence-corrected chi connectivity index (χ2v) is 5.90. The zero-order chi connectivity index (χ0) is 10.7. The Balaban J connectivity index is 2.19. The Bertz CT molecular complexity index is 364. The smallest absolute Gasteiger partial charge is 0.0876 e. The monoisotopic (exact) mass is 288 g/mol. The van der Waals surface area contributed by atoms with Crippen molar-refractivity contribution in [2.75, 3.05) is 6.61 Å². The maximum atomic E-state index is 5.59. The number of nitrogens with one attached hydrogen (secondary N) is 1. The van der Waals surface area contributed by atoms with Crippen LogP contribution < -0.4 is 11.3 Å². The van der Waals surface area contributed by atoms with E-state index in [0.717, 1.165) is 23.2 Å². The van der Waals surface area contributed by atoms with Crippen LogP contribution in [0.1, 0.15) is 23.8 Å². The average molecular weight is 289 g/mol. The van der Waals surface area contributed by atoms with E-state index in [4.69, 9.17) is 10.6 Å². The molecule has 1 aliphatic rings. The molecule has 1 aliphatic heterocycles. The van der Waals surface area contributed by atoms with Gasteiger partial charge in [-0.1, -0.05) is 0 Å². The highest BCUT2D eigenvalue weighted by Gasteiger charge is 2.19. The summed E-state index contributed by atoms with van der Waals surface area (Å²) >= 11 is 5.14. The van der Waals surface area contributed by atoms with E-state index >= 15 is 0 Å². The fourth-order valence-corrected chi connectivity index (χ4v) is 3.18. The predicted octanol–water partition coefficient (Wildman–Crippen LogP) is 2.71. The molecule has 0 saturated carbocycles. The Morgan fingerprint density at radius 2 is 2.40 bits per heavy atom. The molecule has 3 N–H and O–H groups in total. The van der Waals surface area contributed by atoms with Crippen molar-refractivity contribution >= 4 is 27.3 Å². The Morgan fingerprint density at radius 3 is 2.93 bits per heavy atom. The quantitative estimate of drug-likeness (QED) is 0.664. The largest absolute Gasteiger partial charge is 0.501 e. The third kappa shape index (κ3) is 2.60. The molecule has 0 saturated heterocycles. The third-order valence-corrected chi connectivity index (χ3v) is 4.07. The maximum absolute atomic E-state index is 5.59. The molecule has 82 valence electrons. The summed E-state index contributed by atoms with van der Waals surface area (Å²) in [5, 5.41) is 0. The van der Waals surface area contributed by atoms with Gasteiger partial charge < -0.3 is 4.74 Å². The highest BCUT2D eigenvalue weighted by molar-refractivity contribution is 9.11. The Kier molecular flexibility index (Phi) is 3.80. The number of hydrogen-bond acceptors (Lipinski definition) is 4. The van der Waals surface area contributed by atoms with Gasteiger partial charge in [-0.15, -0.1) is 11.3 Å². The number of hydrazine groups is 1. The van der Waals surface area contributed by atoms with E-state index in [9.17, 15) is 0 Å². The van der Waals surface area contributed by atoms with Gasteiger partial charge in [-0.05, 0) is 46.5 Å². The first-order chi connectivity index (χ1) is 7.31. The average Bonchev–Trinajstić information content (AvgIpc) is 2.68. The topological polar surface area (TPSA) is 47.3 Å². The molecule has 5 heteroatoms. The van der Waals surface area contributed by atoms with Gasteiger partial charge in [-0.25, -0.2) is 5.43 Å². The minimum atomic E-state index is 0.0848. The molecule has 0 spiro atoms. The van der Waals surface area contributed by atoms with Crippen molar-refractivity contribution in [3.05, 3.63) is 32.6 Å². The van der Waals surface area contributed by atoms with Gasteiger partial charge in [-0.2, -0.15) is 0 Å². The minimum absolute atomic E-state index is 0.0848. The fourth-order valence-electron chi connectivity index (χ4n) is 1.65. The van der Waals surface area contributed by atoms with Crippen molar-refractivity contribution in [3.8, 4) is 0 Å². The van der Waals surface area contributed by atoms with Gasteiger partial charge >= 0.3 is 0 Å². The van der Waals surface area contributed by atoms with Crippen molar-refractivity contribution in [1.82, 2.24) is 5.43 Å². The van der Waals surface area contributed by atoms with Crippen LogP contribution in [0, 0.1) is 0 Å². The first kappa shape index (κ1) is 11.1. The van der Waals surface area contributed by atoms with Crippen LogP contribution in [0.15, 0.2) is 27.8 Å². The summed E-state index contributed by atoms with van der Waals surface area (Å²) < 4.78 is 6.45. The molecule has 2 heterocycles. The lowest BCUT2D eigenvalue weighted by atomic mass is 10.0. The standard InChI is InChI=1S/C10H13BrN2OS/c11-9-4-3-8(15-9)10(13-12)7-2-1-5-14-6-7/h3-4,6,10,13H,1-2,5,12H2. The molecule has 0 bridgehead atoms. The van der Waals surface area contributed by atoms with Crippen molar-refractivity contribution in [3.63, 3.8) is 0 Å². The van der Waals surface area contributed by atoms with Crippen LogP contribution in [-0.2, 0) is 4.74 Å². The van der Waals surface area contributed by atoms with Crippen molar-refractivity contribution in [2.24, 2.45) is 5.84 Å². The normalized spacial score (nSPS) is 18.1. The van der Waals surface area contributed by atoms with Gasteiger partial charge in [0.25, 0.3) is 0 Å². The van der Waals surface area contributed by atoms with Gasteiger partial charge in [-0.3, -0.25) is 5.84 Å². The van der Waals surface area contributed by atoms with Crippen LogP contribution in [0.3, 0.4) is 0 Å². The highest BCUT2D eigenvalue weighted by Crippen LogP contribution is 2.33. The van der Waals surface area contributed by atoms with Crippen molar-refractivity contribution in [1.29, 1.82) is 0 Å². The summed E-state index contributed by atoms with van der Waals surface area (Å²) in [5.41, 5.74) is 4.06. The van der Waals surface area contributed by atoms with Gasteiger partial charge in [0.15, 0.2) is 0 Å². The highest BCUT2D eigenvalue weighted by atomic mass is 79.9. The van der Waals surface area contributed by atoms with Gasteiger partial charge in [0.05, 0.1) is 22.7 Å². The molecule has 0 aliphatic carbocycles. The van der Waals surface area contributed by atoms with Gasteiger partial charge in [0.1, 0.15) is 0 Å². The van der Waals surface area contributed by atoms with Crippen LogP contribution >= 0.6 is 27.3 Å². The minimum Gasteiger partial charge on any atom is -0.501 e. The molecule has 3 nitrogen and oxygen atoms in total. The second kappa shape index (κ2) is 5.12. The lowest BCUT2D eigenvalue weighted by Crippen LogP contribution is -2.29. The lowest BCUT2D eigenvalue weighted by Gasteiger charge is -2.21. The van der Waals surface area contributed by atoms with E-state index in [1.165, 1.54) is 10.5 Å². The second-order valence-electron chi connectivity index (χ2n) is 3.41. The SMILES string of the molecule is NNC(C1=COCCC1)c1ccc(Br)s1. The molecule has 0 amide bonds. The first-order valence-electron chi connectivity index (χ1n) is 4.83. The van der Waals surface area contributed by atoms with E-state index in [2.05, 4.69) is 27.4 Å². The van der Waals surface area contributed by atoms with Crippen LogP contribution in [0.2, 0.25) is 0 Å².